The van der Waals surface area contributed by atoms with Crippen molar-refractivity contribution in [1.82, 2.24) is 0 Å². The Labute approximate surface area is 459 Å². The summed E-state index contributed by atoms with van der Waals surface area (Å²) in [5, 5.41) is 2.29. The normalized spacial score (nSPS) is 19.8. The lowest BCUT2D eigenvalue weighted by Crippen LogP contribution is -2.62. The zero-order chi connectivity index (χ0) is 53.9. The zero-order valence-corrected chi connectivity index (χ0v) is 48.3. The first-order valence-electron chi connectivity index (χ1n) is 28.8. The van der Waals surface area contributed by atoms with Gasteiger partial charge in [-0.3, -0.25) is 0 Å². The van der Waals surface area contributed by atoms with Crippen molar-refractivity contribution in [2.45, 2.75) is 156 Å². The van der Waals surface area contributed by atoms with E-state index in [0.717, 1.165) is 44.7 Å². The standard InChI is InChI=1S/C73H77BN2O/c1-68(2,3)46-26-31-50(32-27-46)75(51-33-28-47(29-34-51)69(4,5)6)52-43-56-64-63-57(72(13)38-20-21-39-73(64,72)14)41-49(71(10,11)12)42-59(63)74-58-36-35-54-53-24-18-19-25-62(53)77-67(54)66(58)76(61(44-52)65(56)74)60-37-30-48(70(7,8)9)40-55(60)45-22-16-15-17-23-45/h15-19,22-37,40-44,64H,20-21,38-39H2,1-14H3. The van der Waals surface area contributed by atoms with Gasteiger partial charge in [0.15, 0.2) is 5.58 Å². The fraction of sp³-hybridized carbons (Fsp3) is 0.342. The van der Waals surface area contributed by atoms with Gasteiger partial charge in [0, 0.05) is 45.0 Å². The van der Waals surface area contributed by atoms with Crippen LogP contribution >= 0.6 is 0 Å². The molecule has 13 rings (SSSR count). The number of anilines is 6. The minimum Gasteiger partial charge on any atom is -0.454 e. The fourth-order valence-electron chi connectivity index (χ4n) is 14.7. The van der Waals surface area contributed by atoms with E-state index < -0.39 is 0 Å². The maximum absolute atomic E-state index is 7.36. The highest BCUT2D eigenvalue weighted by molar-refractivity contribution is 6.99. The van der Waals surface area contributed by atoms with Crippen LogP contribution < -0.4 is 26.2 Å². The van der Waals surface area contributed by atoms with Gasteiger partial charge in [-0.25, -0.2) is 0 Å². The van der Waals surface area contributed by atoms with E-state index in [-0.39, 0.29) is 45.1 Å². The third-order valence-electron chi connectivity index (χ3n) is 19.3. The SMILES string of the molecule is CC(C)(C)c1ccc(N(c2ccc(C(C)(C)C)cc2)c2cc3c4c(c2)N(c2ccc(C(C)(C)C)cc2-c2ccccc2)c2c(ccc5c2oc2ccccc25)B4c2cc(C(C)(C)C)cc4c2C3C2(C)CCCCC42C)cc1. The molecule has 0 saturated heterocycles. The van der Waals surface area contributed by atoms with Gasteiger partial charge in [-0.15, -0.1) is 0 Å². The van der Waals surface area contributed by atoms with Gasteiger partial charge in [0.05, 0.1) is 11.4 Å². The molecule has 0 amide bonds. The average molecular weight is 1010 g/mol. The van der Waals surface area contributed by atoms with E-state index in [4.69, 9.17) is 4.42 Å². The summed E-state index contributed by atoms with van der Waals surface area (Å²) in [5.74, 6) is 0.195. The number of fused-ring (bicyclic) bond motifs is 11. The molecule has 9 aromatic rings. The van der Waals surface area contributed by atoms with Crippen molar-refractivity contribution in [3.63, 3.8) is 0 Å². The number of para-hydroxylation sites is 1. The Morgan fingerprint density at radius 3 is 1.75 bits per heavy atom. The van der Waals surface area contributed by atoms with Crippen LogP contribution in [0, 0.1) is 5.41 Å². The van der Waals surface area contributed by atoms with Crippen molar-refractivity contribution in [1.29, 1.82) is 0 Å². The van der Waals surface area contributed by atoms with Gasteiger partial charge in [-0.05, 0) is 155 Å². The largest absolute Gasteiger partial charge is 0.454 e. The third-order valence-corrected chi connectivity index (χ3v) is 19.3. The van der Waals surface area contributed by atoms with Crippen molar-refractivity contribution in [2.24, 2.45) is 5.41 Å². The van der Waals surface area contributed by atoms with Crippen LogP contribution in [-0.4, -0.2) is 6.71 Å². The molecule has 1 fully saturated rings. The van der Waals surface area contributed by atoms with E-state index in [2.05, 4.69) is 264 Å². The Kier molecular flexibility index (Phi) is 10.9. The lowest BCUT2D eigenvalue weighted by molar-refractivity contribution is 0.0926. The van der Waals surface area contributed by atoms with Gasteiger partial charge in [0.1, 0.15) is 5.58 Å². The van der Waals surface area contributed by atoms with Crippen LogP contribution in [0.25, 0.3) is 33.1 Å². The van der Waals surface area contributed by atoms with Crippen LogP contribution in [0.5, 0.6) is 0 Å². The molecule has 4 aliphatic rings. The quantitative estimate of drug-likeness (QED) is 0.160. The molecule has 3 heterocycles. The topological polar surface area (TPSA) is 19.6 Å². The van der Waals surface area contributed by atoms with Gasteiger partial charge in [0.25, 0.3) is 0 Å². The third kappa shape index (κ3) is 7.50. The van der Waals surface area contributed by atoms with Crippen molar-refractivity contribution in [3.8, 4) is 11.1 Å². The highest BCUT2D eigenvalue weighted by atomic mass is 16.3. The molecular formula is C73H77BN2O. The molecule has 3 nitrogen and oxygen atoms in total. The minimum atomic E-state index is -0.0691. The van der Waals surface area contributed by atoms with Crippen LogP contribution in [0.3, 0.4) is 0 Å². The molecule has 3 atom stereocenters. The second kappa shape index (κ2) is 16.9. The highest BCUT2D eigenvalue weighted by Gasteiger charge is 2.62. The van der Waals surface area contributed by atoms with E-state index in [1.54, 1.807) is 11.1 Å². The van der Waals surface area contributed by atoms with E-state index in [9.17, 15) is 0 Å². The summed E-state index contributed by atoms with van der Waals surface area (Å²) < 4.78 is 7.36. The summed E-state index contributed by atoms with van der Waals surface area (Å²) in [4.78, 5) is 5.24. The molecular weight excluding hydrogens is 932 g/mol. The van der Waals surface area contributed by atoms with Crippen LogP contribution in [0.1, 0.15) is 167 Å². The molecule has 3 unspecified atom stereocenters. The summed E-state index contributed by atoms with van der Waals surface area (Å²) in [6.07, 6.45) is 4.89. The summed E-state index contributed by atoms with van der Waals surface area (Å²) in [5.41, 5.74) is 25.4. The molecule has 388 valence electrons. The summed E-state index contributed by atoms with van der Waals surface area (Å²) in [6, 6.07) is 61.4. The molecule has 1 aromatic heterocycles. The first kappa shape index (κ1) is 49.8. The van der Waals surface area contributed by atoms with Gasteiger partial charge < -0.3 is 14.2 Å². The number of hydrogen-bond acceptors (Lipinski definition) is 3. The zero-order valence-electron chi connectivity index (χ0n) is 48.3. The second-order valence-corrected chi connectivity index (χ2v) is 28.2. The predicted molar refractivity (Wildman–Crippen MR) is 330 cm³/mol. The van der Waals surface area contributed by atoms with Crippen LogP contribution in [0.4, 0.5) is 34.1 Å². The molecule has 0 radical (unpaired) electrons. The lowest BCUT2D eigenvalue weighted by atomic mass is 9.30. The molecule has 0 spiro atoms. The Morgan fingerprint density at radius 2 is 1.12 bits per heavy atom. The van der Waals surface area contributed by atoms with E-state index >= 15 is 0 Å². The number of nitrogens with zero attached hydrogens (tertiary/aromatic N) is 2. The van der Waals surface area contributed by atoms with Gasteiger partial charge >= 0.3 is 0 Å². The molecule has 4 heteroatoms. The van der Waals surface area contributed by atoms with E-state index in [1.807, 2.05) is 0 Å². The minimum absolute atomic E-state index is 0.00260. The Hall–Kier alpha value is -6.78. The van der Waals surface area contributed by atoms with Crippen molar-refractivity contribution in [3.05, 3.63) is 197 Å². The molecule has 0 bridgehead atoms. The second-order valence-electron chi connectivity index (χ2n) is 28.2. The fourth-order valence-corrected chi connectivity index (χ4v) is 14.7. The maximum atomic E-state index is 7.36. The monoisotopic (exact) mass is 1010 g/mol. The predicted octanol–water partition coefficient (Wildman–Crippen LogP) is 18.5. The van der Waals surface area contributed by atoms with Crippen molar-refractivity contribution in [2.75, 3.05) is 9.80 Å². The van der Waals surface area contributed by atoms with Crippen LogP contribution in [0.15, 0.2) is 162 Å². The average Bonchev–Trinajstić information content (AvgIpc) is 3.30. The first-order chi connectivity index (χ1) is 36.5. The van der Waals surface area contributed by atoms with Crippen molar-refractivity contribution < 1.29 is 4.42 Å². The van der Waals surface area contributed by atoms with Gasteiger partial charge in [-0.1, -0.05) is 218 Å². The van der Waals surface area contributed by atoms with Crippen molar-refractivity contribution >= 4 is 79.2 Å². The number of furan rings is 1. The summed E-state index contributed by atoms with van der Waals surface area (Å²) in [6.45, 7) is 33.5. The Morgan fingerprint density at radius 1 is 0.519 bits per heavy atom. The van der Waals surface area contributed by atoms with Crippen LogP contribution in [-0.2, 0) is 27.1 Å². The smallest absolute Gasteiger partial charge is 0.247 e. The van der Waals surface area contributed by atoms with Gasteiger partial charge in [0.2, 0.25) is 6.71 Å². The number of benzene rings is 8. The highest BCUT2D eigenvalue weighted by Crippen LogP contribution is 2.68. The Balaban J connectivity index is 1.21. The molecule has 8 aromatic carbocycles. The van der Waals surface area contributed by atoms with E-state index in [0.29, 0.717) is 0 Å². The lowest BCUT2D eigenvalue weighted by Gasteiger charge is -2.51. The molecule has 77 heavy (non-hydrogen) atoms. The molecule has 1 saturated carbocycles. The number of hydrogen-bond donors (Lipinski definition) is 0. The molecule has 2 aliphatic carbocycles. The molecule has 2 aliphatic heterocycles. The molecule has 0 N–H and O–H groups in total. The van der Waals surface area contributed by atoms with Crippen LogP contribution in [0.2, 0.25) is 0 Å². The summed E-state index contributed by atoms with van der Waals surface area (Å²) >= 11 is 0. The Bertz CT molecular complexity index is 3780. The van der Waals surface area contributed by atoms with Gasteiger partial charge in [-0.2, -0.15) is 0 Å². The summed E-state index contributed by atoms with van der Waals surface area (Å²) in [7, 11) is 0. The first-order valence-corrected chi connectivity index (χ1v) is 28.8. The number of rotatable bonds is 5. The maximum Gasteiger partial charge on any atom is 0.247 e. The van der Waals surface area contributed by atoms with E-state index in [1.165, 1.54) is 92.4 Å².